The molecule has 1 amide bonds. The summed E-state index contributed by atoms with van der Waals surface area (Å²) in [5.41, 5.74) is 0. The van der Waals surface area contributed by atoms with Gasteiger partial charge in [-0.05, 0) is 38.9 Å². The lowest BCUT2D eigenvalue weighted by Gasteiger charge is -2.23. The average Bonchev–Trinajstić information content (AvgIpc) is 2.38. The van der Waals surface area contributed by atoms with Gasteiger partial charge in [0.2, 0.25) is 5.91 Å². The molecule has 6 heteroatoms. The summed E-state index contributed by atoms with van der Waals surface area (Å²) >= 11 is 0. The molecule has 19 heavy (non-hydrogen) atoms. The number of carbonyl (C=O) groups excluding carboxylic acids is 1. The van der Waals surface area contributed by atoms with Crippen LogP contribution in [0.1, 0.15) is 33.1 Å². The van der Waals surface area contributed by atoms with E-state index in [2.05, 4.69) is 29.4 Å². The summed E-state index contributed by atoms with van der Waals surface area (Å²) in [5, 5.41) is 6.33. The van der Waals surface area contributed by atoms with E-state index in [1.165, 1.54) is 6.42 Å². The molecule has 1 saturated heterocycles. The van der Waals surface area contributed by atoms with Crippen molar-refractivity contribution in [3.05, 3.63) is 0 Å². The second-order valence-corrected chi connectivity index (χ2v) is 4.77. The first-order chi connectivity index (χ1) is 8.27. The molecule has 1 aliphatic heterocycles. The lowest BCUT2D eigenvalue weighted by molar-refractivity contribution is -0.125. The van der Waals surface area contributed by atoms with Gasteiger partial charge in [-0.2, -0.15) is 0 Å². The first-order valence-electron chi connectivity index (χ1n) is 6.98. The Morgan fingerprint density at radius 1 is 1.32 bits per heavy atom. The average molecular weight is 314 g/mol. The third-order valence-electron chi connectivity index (χ3n) is 3.38. The van der Waals surface area contributed by atoms with Crippen LogP contribution < -0.4 is 10.6 Å². The molecular formula is C13H29Cl2N3O. The minimum Gasteiger partial charge on any atom is -0.355 e. The standard InChI is InChI=1S/C13H27N3O.2ClH/c1-3-9-16(4-2)10-8-15-13(17)12-6-5-7-14-11-12;;/h12,14H,3-11H2,1-2H3,(H,15,17);2*1H. The van der Waals surface area contributed by atoms with E-state index in [0.29, 0.717) is 0 Å². The van der Waals surface area contributed by atoms with Gasteiger partial charge in [0.1, 0.15) is 0 Å². The van der Waals surface area contributed by atoms with E-state index in [1.807, 2.05) is 0 Å². The molecule has 0 aromatic carbocycles. The van der Waals surface area contributed by atoms with Gasteiger partial charge in [0, 0.05) is 19.6 Å². The van der Waals surface area contributed by atoms with E-state index < -0.39 is 0 Å². The van der Waals surface area contributed by atoms with Crippen molar-refractivity contribution in [3.8, 4) is 0 Å². The summed E-state index contributed by atoms with van der Waals surface area (Å²) in [4.78, 5) is 14.2. The van der Waals surface area contributed by atoms with Gasteiger partial charge in [-0.3, -0.25) is 4.79 Å². The highest BCUT2D eigenvalue weighted by molar-refractivity contribution is 5.85. The highest BCUT2D eigenvalue weighted by Crippen LogP contribution is 2.09. The van der Waals surface area contributed by atoms with E-state index >= 15 is 0 Å². The predicted molar refractivity (Wildman–Crippen MR) is 85.5 cm³/mol. The van der Waals surface area contributed by atoms with Crippen molar-refractivity contribution in [3.63, 3.8) is 0 Å². The molecule has 1 atom stereocenters. The third-order valence-corrected chi connectivity index (χ3v) is 3.38. The Morgan fingerprint density at radius 3 is 2.58 bits per heavy atom. The minimum atomic E-state index is 0. The normalized spacial score (nSPS) is 18.4. The Kier molecular flexibility index (Phi) is 14.5. The predicted octanol–water partition coefficient (Wildman–Crippen LogP) is 1.68. The maximum absolute atomic E-state index is 11.9. The monoisotopic (exact) mass is 313 g/mol. The number of piperidine rings is 1. The van der Waals surface area contributed by atoms with Crippen LogP contribution in [0.5, 0.6) is 0 Å². The number of nitrogens with zero attached hydrogens (tertiary/aromatic N) is 1. The van der Waals surface area contributed by atoms with Crippen molar-refractivity contribution in [2.24, 2.45) is 5.92 Å². The number of halogens is 2. The van der Waals surface area contributed by atoms with Gasteiger partial charge in [0.05, 0.1) is 5.92 Å². The number of nitrogens with one attached hydrogen (secondary N) is 2. The number of hydrogen-bond acceptors (Lipinski definition) is 3. The fraction of sp³-hybridized carbons (Fsp3) is 0.923. The second kappa shape index (κ2) is 13.0. The quantitative estimate of drug-likeness (QED) is 0.751. The van der Waals surface area contributed by atoms with Crippen molar-refractivity contribution in [2.75, 3.05) is 39.3 Å². The molecule has 0 aromatic rings. The summed E-state index contributed by atoms with van der Waals surface area (Å²) in [6.45, 7) is 10.2. The second-order valence-electron chi connectivity index (χ2n) is 4.77. The smallest absolute Gasteiger partial charge is 0.224 e. The topological polar surface area (TPSA) is 44.4 Å². The summed E-state index contributed by atoms with van der Waals surface area (Å²) in [7, 11) is 0. The van der Waals surface area contributed by atoms with Crippen molar-refractivity contribution in [1.29, 1.82) is 0 Å². The zero-order valence-electron chi connectivity index (χ0n) is 12.1. The Bertz CT molecular complexity index is 224. The van der Waals surface area contributed by atoms with Gasteiger partial charge in [0.25, 0.3) is 0 Å². The number of amides is 1. The fourth-order valence-corrected chi connectivity index (χ4v) is 2.30. The van der Waals surface area contributed by atoms with Gasteiger partial charge in [-0.1, -0.05) is 13.8 Å². The first kappa shape index (κ1) is 21.3. The Balaban J connectivity index is 0. The maximum atomic E-state index is 11.9. The molecular weight excluding hydrogens is 285 g/mol. The number of rotatable bonds is 7. The molecule has 1 aliphatic rings. The molecule has 1 heterocycles. The molecule has 1 unspecified atom stereocenters. The minimum absolute atomic E-state index is 0. The summed E-state index contributed by atoms with van der Waals surface area (Å²) in [6.07, 6.45) is 3.33. The molecule has 1 rings (SSSR count). The molecule has 0 aromatic heterocycles. The van der Waals surface area contributed by atoms with E-state index in [0.717, 1.165) is 52.1 Å². The number of likely N-dealkylation sites (N-methyl/N-ethyl adjacent to an activating group) is 1. The van der Waals surface area contributed by atoms with E-state index in [9.17, 15) is 4.79 Å². The number of hydrogen-bond donors (Lipinski definition) is 2. The summed E-state index contributed by atoms with van der Waals surface area (Å²) in [6, 6.07) is 0. The van der Waals surface area contributed by atoms with E-state index in [-0.39, 0.29) is 36.6 Å². The van der Waals surface area contributed by atoms with Crippen LogP contribution in [0.4, 0.5) is 0 Å². The molecule has 4 nitrogen and oxygen atoms in total. The van der Waals surface area contributed by atoms with Crippen molar-refractivity contribution >= 4 is 30.7 Å². The van der Waals surface area contributed by atoms with Crippen LogP contribution in [0, 0.1) is 5.92 Å². The van der Waals surface area contributed by atoms with Gasteiger partial charge >= 0.3 is 0 Å². The molecule has 116 valence electrons. The van der Waals surface area contributed by atoms with Crippen LogP contribution in [-0.4, -0.2) is 50.1 Å². The van der Waals surface area contributed by atoms with Crippen LogP contribution in [0.2, 0.25) is 0 Å². The molecule has 0 radical (unpaired) electrons. The summed E-state index contributed by atoms with van der Waals surface area (Å²) < 4.78 is 0. The molecule has 0 saturated carbocycles. The highest BCUT2D eigenvalue weighted by atomic mass is 35.5. The lowest BCUT2D eigenvalue weighted by atomic mass is 9.99. The van der Waals surface area contributed by atoms with Crippen LogP contribution in [0.25, 0.3) is 0 Å². The van der Waals surface area contributed by atoms with Gasteiger partial charge in [-0.25, -0.2) is 0 Å². The maximum Gasteiger partial charge on any atom is 0.224 e. The first-order valence-corrected chi connectivity index (χ1v) is 6.98. The number of carbonyl (C=O) groups is 1. The lowest BCUT2D eigenvalue weighted by Crippen LogP contribution is -2.43. The van der Waals surface area contributed by atoms with E-state index in [4.69, 9.17) is 0 Å². The van der Waals surface area contributed by atoms with Crippen molar-refractivity contribution in [1.82, 2.24) is 15.5 Å². The van der Waals surface area contributed by atoms with Gasteiger partial charge in [0.15, 0.2) is 0 Å². The van der Waals surface area contributed by atoms with Crippen LogP contribution >= 0.6 is 24.8 Å². The molecule has 0 aliphatic carbocycles. The zero-order valence-corrected chi connectivity index (χ0v) is 13.7. The molecule has 2 N–H and O–H groups in total. The van der Waals surface area contributed by atoms with Crippen LogP contribution in [0.15, 0.2) is 0 Å². The van der Waals surface area contributed by atoms with Crippen molar-refractivity contribution in [2.45, 2.75) is 33.1 Å². The largest absolute Gasteiger partial charge is 0.355 e. The van der Waals surface area contributed by atoms with Gasteiger partial charge < -0.3 is 15.5 Å². The summed E-state index contributed by atoms with van der Waals surface area (Å²) in [5.74, 6) is 0.412. The van der Waals surface area contributed by atoms with Gasteiger partial charge in [-0.15, -0.1) is 24.8 Å². The Labute approximate surface area is 129 Å². The zero-order chi connectivity index (χ0) is 12.5. The van der Waals surface area contributed by atoms with Crippen molar-refractivity contribution < 1.29 is 4.79 Å². The molecule has 0 bridgehead atoms. The van der Waals surface area contributed by atoms with E-state index in [1.54, 1.807) is 0 Å². The fourth-order valence-electron chi connectivity index (χ4n) is 2.30. The molecule has 0 spiro atoms. The molecule has 1 fully saturated rings. The Morgan fingerprint density at radius 2 is 2.05 bits per heavy atom. The third kappa shape index (κ3) is 8.69. The van der Waals surface area contributed by atoms with Crippen LogP contribution in [0.3, 0.4) is 0 Å². The Hall–Kier alpha value is -0.0300. The highest BCUT2D eigenvalue weighted by Gasteiger charge is 2.20. The van der Waals surface area contributed by atoms with Crippen LogP contribution in [-0.2, 0) is 4.79 Å². The SMILES string of the molecule is CCCN(CC)CCNC(=O)C1CCCNC1.Cl.Cl.